The normalized spacial score (nSPS) is 24.4. The minimum Gasteiger partial charge on any atom is -0.481 e. The largest absolute Gasteiger partial charge is 0.481 e. The lowest BCUT2D eigenvalue weighted by atomic mass is 9.84. The molecule has 0 radical (unpaired) electrons. The molecule has 1 fully saturated rings. The number of hydrogen-bond donors (Lipinski definition) is 2. The van der Waals surface area contributed by atoms with Crippen molar-refractivity contribution >= 4 is 5.69 Å². The molecule has 0 saturated heterocycles. The topological polar surface area (TPSA) is 60.2 Å². The van der Waals surface area contributed by atoms with E-state index in [2.05, 4.69) is 10.3 Å². The summed E-state index contributed by atoms with van der Waals surface area (Å²) in [6.07, 6.45) is 6.79. The lowest BCUT2D eigenvalue weighted by Crippen LogP contribution is -2.36. The predicted octanol–water partition coefficient (Wildman–Crippen LogP) is 2.02. The van der Waals surface area contributed by atoms with Gasteiger partial charge in [-0.3, -0.25) is 0 Å². The zero-order valence-electron chi connectivity index (χ0n) is 10.4. The molecular formula is C13H21N3O. The highest BCUT2D eigenvalue weighted by atomic mass is 16.5. The average Bonchev–Trinajstić information content (AvgIpc) is 2.39. The molecular weight excluding hydrogens is 214 g/mol. The SMILES string of the molecule is COc1cc(NC2CCCCC2CN)ccn1. The zero-order valence-corrected chi connectivity index (χ0v) is 10.4. The van der Waals surface area contributed by atoms with Gasteiger partial charge in [-0.05, 0) is 31.4 Å². The number of nitrogens with zero attached hydrogens (tertiary/aromatic N) is 1. The molecule has 0 amide bonds. The van der Waals surface area contributed by atoms with Crippen molar-refractivity contribution in [3.8, 4) is 5.88 Å². The lowest BCUT2D eigenvalue weighted by molar-refractivity contribution is 0.332. The molecule has 4 heteroatoms. The van der Waals surface area contributed by atoms with E-state index in [9.17, 15) is 0 Å². The summed E-state index contributed by atoms with van der Waals surface area (Å²) in [4.78, 5) is 4.10. The number of pyridine rings is 1. The fourth-order valence-corrected chi connectivity index (χ4v) is 2.50. The Kier molecular flexibility index (Phi) is 4.20. The van der Waals surface area contributed by atoms with Gasteiger partial charge >= 0.3 is 0 Å². The Hall–Kier alpha value is -1.29. The summed E-state index contributed by atoms with van der Waals surface area (Å²) in [5.41, 5.74) is 6.90. The van der Waals surface area contributed by atoms with E-state index in [1.54, 1.807) is 13.3 Å². The molecule has 1 heterocycles. The fourth-order valence-electron chi connectivity index (χ4n) is 2.50. The maximum atomic E-state index is 5.83. The molecule has 2 unspecified atom stereocenters. The quantitative estimate of drug-likeness (QED) is 0.838. The van der Waals surface area contributed by atoms with Crippen molar-refractivity contribution in [2.24, 2.45) is 11.7 Å². The van der Waals surface area contributed by atoms with Crippen LogP contribution in [0.5, 0.6) is 5.88 Å². The molecule has 0 bridgehead atoms. The van der Waals surface area contributed by atoms with Gasteiger partial charge in [0.2, 0.25) is 5.88 Å². The van der Waals surface area contributed by atoms with Gasteiger partial charge in [-0.2, -0.15) is 0 Å². The molecule has 4 nitrogen and oxygen atoms in total. The first-order valence-corrected chi connectivity index (χ1v) is 6.30. The highest BCUT2D eigenvalue weighted by Crippen LogP contribution is 2.27. The van der Waals surface area contributed by atoms with E-state index < -0.39 is 0 Å². The highest BCUT2D eigenvalue weighted by Gasteiger charge is 2.23. The smallest absolute Gasteiger partial charge is 0.214 e. The number of anilines is 1. The van der Waals surface area contributed by atoms with Gasteiger partial charge in [-0.25, -0.2) is 4.98 Å². The molecule has 1 aliphatic carbocycles. The van der Waals surface area contributed by atoms with E-state index >= 15 is 0 Å². The van der Waals surface area contributed by atoms with Gasteiger partial charge in [-0.15, -0.1) is 0 Å². The van der Waals surface area contributed by atoms with Gasteiger partial charge in [0.25, 0.3) is 0 Å². The first-order valence-electron chi connectivity index (χ1n) is 6.30. The van der Waals surface area contributed by atoms with Crippen LogP contribution in [0.1, 0.15) is 25.7 Å². The van der Waals surface area contributed by atoms with Crippen molar-refractivity contribution in [2.75, 3.05) is 19.0 Å². The molecule has 94 valence electrons. The van der Waals surface area contributed by atoms with Crippen molar-refractivity contribution in [1.82, 2.24) is 4.98 Å². The number of methoxy groups -OCH3 is 1. The summed E-state index contributed by atoms with van der Waals surface area (Å²) < 4.78 is 5.12. The summed E-state index contributed by atoms with van der Waals surface area (Å²) in [6, 6.07) is 4.40. The molecule has 2 atom stereocenters. The van der Waals surface area contributed by atoms with Gasteiger partial charge in [0.1, 0.15) is 0 Å². The Labute approximate surface area is 103 Å². The fraction of sp³-hybridized carbons (Fsp3) is 0.615. The van der Waals surface area contributed by atoms with Crippen molar-refractivity contribution in [3.05, 3.63) is 18.3 Å². The van der Waals surface area contributed by atoms with E-state index in [0.717, 1.165) is 12.2 Å². The third kappa shape index (κ3) is 3.09. The summed E-state index contributed by atoms with van der Waals surface area (Å²) in [5.74, 6) is 1.23. The van der Waals surface area contributed by atoms with Crippen molar-refractivity contribution in [2.45, 2.75) is 31.7 Å². The molecule has 0 aromatic carbocycles. The van der Waals surface area contributed by atoms with Crippen molar-refractivity contribution < 1.29 is 4.74 Å². The monoisotopic (exact) mass is 235 g/mol. The minimum atomic E-state index is 0.487. The van der Waals surface area contributed by atoms with Crippen LogP contribution in [-0.2, 0) is 0 Å². The van der Waals surface area contributed by atoms with Gasteiger partial charge < -0.3 is 15.8 Å². The Morgan fingerprint density at radius 3 is 3.06 bits per heavy atom. The number of rotatable bonds is 4. The first kappa shape index (κ1) is 12.2. The van der Waals surface area contributed by atoms with Crippen LogP contribution in [0, 0.1) is 5.92 Å². The van der Waals surface area contributed by atoms with Gasteiger partial charge in [-0.1, -0.05) is 12.8 Å². The van der Waals surface area contributed by atoms with Crippen LogP contribution in [0.3, 0.4) is 0 Å². The maximum absolute atomic E-state index is 5.83. The van der Waals surface area contributed by atoms with Crippen LogP contribution in [0.15, 0.2) is 18.3 Å². The highest BCUT2D eigenvalue weighted by molar-refractivity contribution is 5.46. The second-order valence-electron chi connectivity index (χ2n) is 4.62. The number of aromatic nitrogens is 1. The molecule has 1 aromatic rings. The Morgan fingerprint density at radius 1 is 1.47 bits per heavy atom. The van der Waals surface area contributed by atoms with Crippen LogP contribution in [0.2, 0.25) is 0 Å². The lowest BCUT2D eigenvalue weighted by Gasteiger charge is -2.32. The molecule has 3 N–H and O–H groups in total. The van der Waals surface area contributed by atoms with Crippen molar-refractivity contribution in [3.63, 3.8) is 0 Å². The second kappa shape index (κ2) is 5.87. The van der Waals surface area contributed by atoms with Gasteiger partial charge in [0.15, 0.2) is 0 Å². The van der Waals surface area contributed by atoms with Gasteiger partial charge in [0, 0.05) is 24.0 Å². The minimum absolute atomic E-state index is 0.487. The zero-order chi connectivity index (χ0) is 12.1. The molecule has 2 rings (SSSR count). The average molecular weight is 235 g/mol. The number of nitrogens with one attached hydrogen (secondary N) is 1. The Morgan fingerprint density at radius 2 is 2.29 bits per heavy atom. The summed E-state index contributed by atoms with van der Waals surface area (Å²) >= 11 is 0. The van der Waals surface area contributed by atoms with E-state index in [4.69, 9.17) is 10.5 Å². The molecule has 1 aliphatic rings. The summed E-state index contributed by atoms with van der Waals surface area (Å²) in [6.45, 7) is 0.764. The Bertz CT molecular complexity index is 356. The van der Waals surface area contributed by atoms with E-state index in [1.807, 2.05) is 12.1 Å². The first-order chi connectivity index (χ1) is 8.33. The molecule has 17 heavy (non-hydrogen) atoms. The molecule has 1 saturated carbocycles. The Balaban J connectivity index is 2.02. The van der Waals surface area contributed by atoms with Crippen LogP contribution >= 0.6 is 0 Å². The summed E-state index contributed by atoms with van der Waals surface area (Å²) in [7, 11) is 1.63. The van der Waals surface area contributed by atoms with E-state index in [1.165, 1.54) is 25.7 Å². The number of hydrogen-bond acceptors (Lipinski definition) is 4. The summed E-state index contributed by atoms with van der Waals surface area (Å²) in [5, 5.41) is 3.56. The molecule has 1 aromatic heterocycles. The molecule has 0 spiro atoms. The van der Waals surface area contributed by atoms with Crippen molar-refractivity contribution in [1.29, 1.82) is 0 Å². The van der Waals surface area contributed by atoms with Crippen LogP contribution in [-0.4, -0.2) is 24.7 Å². The second-order valence-corrected chi connectivity index (χ2v) is 4.62. The van der Waals surface area contributed by atoms with Gasteiger partial charge in [0.05, 0.1) is 7.11 Å². The van der Waals surface area contributed by atoms with Crippen LogP contribution < -0.4 is 15.8 Å². The third-order valence-corrected chi connectivity index (χ3v) is 3.51. The van der Waals surface area contributed by atoms with Crippen LogP contribution in [0.4, 0.5) is 5.69 Å². The maximum Gasteiger partial charge on any atom is 0.214 e. The van der Waals surface area contributed by atoms with E-state index in [0.29, 0.717) is 17.8 Å². The number of ether oxygens (including phenoxy) is 1. The van der Waals surface area contributed by atoms with Crippen LogP contribution in [0.25, 0.3) is 0 Å². The molecule has 0 aliphatic heterocycles. The third-order valence-electron chi connectivity index (χ3n) is 3.51. The predicted molar refractivity (Wildman–Crippen MR) is 69.2 cm³/mol. The standard InChI is InChI=1S/C13H21N3O/c1-17-13-8-11(6-7-15-13)16-12-5-3-2-4-10(12)9-14/h6-8,10,12H,2-5,9,14H2,1H3,(H,15,16). The van der Waals surface area contributed by atoms with E-state index in [-0.39, 0.29) is 0 Å². The number of nitrogens with two attached hydrogens (primary N) is 1.